The molecule has 7 heteroatoms. The summed E-state index contributed by atoms with van der Waals surface area (Å²) in [6, 6.07) is 5.56. The number of methoxy groups -OCH3 is 2. The van der Waals surface area contributed by atoms with Crippen LogP contribution in [0.5, 0.6) is 11.5 Å². The van der Waals surface area contributed by atoms with Gasteiger partial charge >= 0.3 is 6.09 Å². The predicted molar refractivity (Wildman–Crippen MR) is 92.7 cm³/mol. The standard InChI is InChI=1S/C18H26N2O5/c1-4-25-18(22)20-9-7-14(8-10-20)17(21)19-12-13-5-6-15(23-2)16(11-13)24-3/h5-6,11,14H,4,7-10,12H2,1-3H3,(H,19,21). The van der Waals surface area contributed by atoms with Crippen LogP contribution in [0.3, 0.4) is 0 Å². The quantitative estimate of drug-likeness (QED) is 0.851. The van der Waals surface area contributed by atoms with Crippen LogP contribution in [0.1, 0.15) is 25.3 Å². The summed E-state index contributed by atoms with van der Waals surface area (Å²) in [5.74, 6) is 1.23. The van der Waals surface area contributed by atoms with E-state index in [-0.39, 0.29) is 17.9 Å². The molecular weight excluding hydrogens is 324 g/mol. The Morgan fingerprint density at radius 3 is 2.44 bits per heavy atom. The van der Waals surface area contributed by atoms with Crippen molar-refractivity contribution in [3.8, 4) is 11.5 Å². The molecule has 0 unspecified atom stereocenters. The summed E-state index contributed by atoms with van der Waals surface area (Å²) in [5, 5.41) is 2.96. The van der Waals surface area contributed by atoms with Gasteiger partial charge in [-0.15, -0.1) is 0 Å². The van der Waals surface area contributed by atoms with E-state index in [2.05, 4.69) is 5.32 Å². The highest BCUT2D eigenvalue weighted by Gasteiger charge is 2.27. The van der Waals surface area contributed by atoms with E-state index in [1.54, 1.807) is 26.0 Å². The molecule has 7 nitrogen and oxygen atoms in total. The number of hydrogen-bond acceptors (Lipinski definition) is 5. The molecule has 1 N–H and O–H groups in total. The Morgan fingerprint density at radius 2 is 1.84 bits per heavy atom. The van der Waals surface area contributed by atoms with Gasteiger partial charge < -0.3 is 24.4 Å². The predicted octanol–water partition coefficient (Wildman–Crippen LogP) is 2.19. The van der Waals surface area contributed by atoms with Crippen molar-refractivity contribution in [1.29, 1.82) is 0 Å². The smallest absolute Gasteiger partial charge is 0.409 e. The van der Waals surface area contributed by atoms with E-state index in [9.17, 15) is 9.59 Å². The molecule has 0 spiro atoms. The van der Waals surface area contributed by atoms with Crippen molar-refractivity contribution in [3.63, 3.8) is 0 Å². The summed E-state index contributed by atoms with van der Waals surface area (Å²) in [5.41, 5.74) is 0.940. The van der Waals surface area contributed by atoms with Gasteiger partial charge in [0.2, 0.25) is 5.91 Å². The lowest BCUT2D eigenvalue weighted by Gasteiger charge is -2.30. The van der Waals surface area contributed by atoms with Gasteiger partial charge in [0.05, 0.1) is 20.8 Å². The monoisotopic (exact) mass is 350 g/mol. The molecule has 1 saturated heterocycles. The van der Waals surface area contributed by atoms with Gasteiger partial charge in [0.1, 0.15) is 0 Å². The molecule has 1 aromatic rings. The molecule has 2 amide bonds. The summed E-state index contributed by atoms with van der Waals surface area (Å²) in [6.45, 7) is 3.68. The largest absolute Gasteiger partial charge is 0.493 e. The van der Waals surface area contributed by atoms with Crippen LogP contribution in [-0.2, 0) is 16.1 Å². The summed E-state index contributed by atoms with van der Waals surface area (Å²) in [6.07, 6.45) is 0.999. The number of piperidine rings is 1. The minimum Gasteiger partial charge on any atom is -0.493 e. The highest BCUT2D eigenvalue weighted by Crippen LogP contribution is 2.27. The van der Waals surface area contributed by atoms with Crippen LogP contribution < -0.4 is 14.8 Å². The number of amides is 2. The van der Waals surface area contributed by atoms with E-state index >= 15 is 0 Å². The molecule has 138 valence electrons. The third-order valence-electron chi connectivity index (χ3n) is 4.31. The third kappa shape index (κ3) is 5.01. The highest BCUT2D eigenvalue weighted by atomic mass is 16.6. The average molecular weight is 350 g/mol. The van der Waals surface area contributed by atoms with E-state index < -0.39 is 0 Å². The van der Waals surface area contributed by atoms with Crippen LogP contribution in [0.4, 0.5) is 4.79 Å². The molecule has 1 aliphatic rings. The average Bonchev–Trinajstić information content (AvgIpc) is 2.66. The second-order valence-corrected chi connectivity index (χ2v) is 5.87. The summed E-state index contributed by atoms with van der Waals surface area (Å²) in [4.78, 5) is 25.7. The molecule has 0 saturated carbocycles. The maximum Gasteiger partial charge on any atom is 0.409 e. The summed E-state index contributed by atoms with van der Waals surface area (Å²) in [7, 11) is 3.17. The number of nitrogens with one attached hydrogen (secondary N) is 1. The van der Waals surface area contributed by atoms with Crippen molar-refractivity contribution in [2.24, 2.45) is 5.92 Å². The molecule has 25 heavy (non-hydrogen) atoms. The first-order chi connectivity index (χ1) is 12.1. The highest BCUT2D eigenvalue weighted by molar-refractivity contribution is 5.79. The first-order valence-corrected chi connectivity index (χ1v) is 8.49. The Morgan fingerprint density at radius 1 is 1.16 bits per heavy atom. The van der Waals surface area contributed by atoms with Crippen molar-refractivity contribution >= 4 is 12.0 Å². The van der Waals surface area contributed by atoms with Crippen molar-refractivity contribution < 1.29 is 23.8 Å². The topological polar surface area (TPSA) is 77.1 Å². The van der Waals surface area contributed by atoms with Gasteiger partial charge in [-0.25, -0.2) is 4.79 Å². The van der Waals surface area contributed by atoms with Crippen molar-refractivity contribution in [2.75, 3.05) is 33.9 Å². The molecule has 0 radical (unpaired) electrons. The second kappa shape index (κ2) is 9.15. The summed E-state index contributed by atoms with van der Waals surface area (Å²) < 4.78 is 15.5. The number of hydrogen-bond donors (Lipinski definition) is 1. The van der Waals surface area contributed by atoms with E-state index in [1.165, 1.54) is 0 Å². The van der Waals surface area contributed by atoms with Crippen molar-refractivity contribution in [1.82, 2.24) is 10.2 Å². The fourth-order valence-corrected chi connectivity index (χ4v) is 2.86. The normalized spacial score (nSPS) is 14.8. The van der Waals surface area contributed by atoms with E-state index in [0.29, 0.717) is 50.6 Å². The number of ether oxygens (including phenoxy) is 3. The number of rotatable bonds is 6. The Bertz CT molecular complexity index is 597. The van der Waals surface area contributed by atoms with E-state index in [4.69, 9.17) is 14.2 Å². The van der Waals surface area contributed by atoms with Crippen LogP contribution in [0, 0.1) is 5.92 Å². The molecule has 0 aromatic heterocycles. The minimum atomic E-state index is -0.299. The number of benzene rings is 1. The fraction of sp³-hybridized carbons (Fsp3) is 0.556. The van der Waals surface area contributed by atoms with Gasteiger partial charge in [-0.2, -0.15) is 0 Å². The Balaban J connectivity index is 1.82. The molecule has 1 aromatic carbocycles. The first kappa shape index (κ1) is 18.9. The van der Waals surface area contributed by atoms with Crippen molar-refractivity contribution in [2.45, 2.75) is 26.3 Å². The molecule has 2 rings (SSSR count). The maximum absolute atomic E-state index is 12.3. The lowest BCUT2D eigenvalue weighted by molar-refractivity contribution is -0.126. The number of nitrogens with zero attached hydrogens (tertiary/aromatic N) is 1. The van der Waals surface area contributed by atoms with Gasteiger partial charge in [0.15, 0.2) is 11.5 Å². The Hall–Kier alpha value is -2.44. The van der Waals surface area contributed by atoms with Gasteiger partial charge in [-0.1, -0.05) is 6.07 Å². The zero-order valence-electron chi connectivity index (χ0n) is 15.0. The van der Waals surface area contributed by atoms with Crippen molar-refractivity contribution in [3.05, 3.63) is 23.8 Å². The molecule has 0 aliphatic carbocycles. The van der Waals surface area contributed by atoms with Crippen LogP contribution in [0.2, 0.25) is 0 Å². The van der Waals surface area contributed by atoms with E-state index in [0.717, 1.165) is 5.56 Å². The van der Waals surface area contributed by atoms with Gasteiger partial charge in [-0.05, 0) is 37.5 Å². The lowest BCUT2D eigenvalue weighted by atomic mass is 9.96. The Kier molecular flexibility index (Phi) is 6.91. The fourth-order valence-electron chi connectivity index (χ4n) is 2.86. The van der Waals surface area contributed by atoms with Gasteiger partial charge in [-0.3, -0.25) is 4.79 Å². The van der Waals surface area contributed by atoms with Gasteiger partial charge in [0, 0.05) is 25.6 Å². The zero-order chi connectivity index (χ0) is 18.2. The number of carbonyl (C=O) groups excluding carboxylic acids is 2. The molecular formula is C18H26N2O5. The molecule has 0 atom stereocenters. The van der Waals surface area contributed by atoms with Crippen LogP contribution in [0.15, 0.2) is 18.2 Å². The first-order valence-electron chi connectivity index (χ1n) is 8.49. The zero-order valence-corrected chi connectivity index (χ0v) is 15.0. The molecule has 1 fully saturated rings. The van der Waals surface area contributed by atoms with Gasteiger partial charge in [0.25, 0.3) is 0 Å². The summed E-state index contributed by atoms with van der Waals surface area (Å²) >= 11 is 0. The SMILES string of the molecule is CCOC(=O)N1CCC(C(=O)NCc2ccc(OC)c(OC)c2)CC1. The molecule has 0 bridgehead atoms. The molecule has 1 heterocycles. The van der Waals surface area contributed by atoms with E-state index in [1.807, 2.05) is 18.2 Å². The molecule has 1 aliphatic heterocycles. The maximum atomic E-state index is 12.3. The third-order valence-corrected chi connectivity index (χ3v) is 4.31. The Labute approximate surface area is 148 Å². The number of likely N-dealkylation sites (tertiary alicyclic amines) is 1. The van der Waals surface area contributed by atoms with Crippen LogP contribution >= 0.6 is 0 Å². The lowest BCUT2D eigenvalue weighted by Crippen LogP contribution is -2.43. The van der Waals surface area contributed by atoms with Crippen LogP contribution in [-0.4, -0.2) is 50.8 Å². The second-order valence-electron chi connectivity index (χ2n) is 5.87. The minimum absolute atomic E-state index is 0.0123. The number of carbonyl (C=O) groups is 2. The van der Waals surface area contributed by atoms with Crippen LogP contribution in [0.25, 0.3) is 0 Å².